The molecule has 1 aliphatic heterocycles. The monoisotopic (exact) mass is 330 g/mol. The third-order valence-corrected chi connectivity index (χ3v) is 5.42. The van der Waals surface area contributed by atoms with E-state index in [0.29, 0.717) is 19.6 Å². The molecule has 6 nitrogen and oxygen atoms in total. The molecule has 0 aromatic heterocycles. The summed E-state index contributed by atoms with van der Waals surface area (Å²) >= 11 is 0. The number of carbonyl (C=O) groups is 1. The zero-order valence-corrected chi connectivity index (χ0v) is 13.3. The number of nitrogens with zero attached hydrogens (tertiary/aromatic N) is 1. The Labute approximate surface area is 129 Å². The summed E-state index contributed by atoms with van der Waals surface area (Å²) in [4.78, 5) is 11.5. The quantitative estimate of drug-likeness (QED) is 0.833. The molecule has 0 amide bonds. The van der Waals surface area contributed by atoms with E-state index < -0.39 is 21.8 Å². The third-order valence-electron chi connectivity index (χ3n) is 3.43. The highest BCUT2D eigenvalue weighted by atomic mass is 32.2. The molecule has 1 aromatic carbocycles. The molecule has 0 radical (unpaired) electrons. The highest BCUT2D eigenvalue weighted by Crippen LogP contribution is 2.22. The van der Waals surface area contributed by atoms with Gasteiger partial charge in [-0.3, -0.25) is 0 Å². The summed E-state index contributed by atoms with van der Waals surface area (Å²) in [6.45, 7) is 4.89. The van der Waals surface area contributed by atoms with E-state index in [0.717, 1.165) is 18.2 Å². The van der Waals surface area contributed by atoms with Gasteiger partial charge in [-0.25, -0.2) is 17.6 Å². The van der Waals surface area contributed by atoms with E-state index in [4.69, 9.17) is 4.74 Å². The first kappa shape index (κ1) is 16.9. The van der Waals surface area contributed by atoms with Crippen molar-refractivity contribution in [3.63, 3.8) is 0 Å². The molecule has 122 valence electrons. The Hall–Kier alpha value is -1.51. The van der Waals surface area contributed by atoms with E-state index in [1.54, 1.807) is 13.8 Å². The standard InChI is InChI=1S/C14H19FN2O4S/c1-3-21-14(18)11-6-12(15)8-13(7-11)22(19,20)17-5-4-16-9-10(17)2/h6-8,10,16H,3-5,9H2,1-2H3. The molecule has 1 fully saturated rings. The van der Waals surface area contributed by atoms with Crippen molar-refractivity contribution in [2.24, 2.45) is 0 Å². The van der Waals surface area contributed by atoms with Crippen LogP contribution in [0.2, 0.25) is 0 Å². The maximum absolute atomic E-state index is 13.7. The Bertz CT molecular complexity index is 663. The highest BCUT2D eigenvalue weighted by Gasteiger charge is 2.31. The van der Waals surface area contributed by atoms with E-state index in [1.807, 2.05) is 0 Å². The van der Waals surface area contributed by atoms with Crippen LogP contribution in [0.25, 0.3) is 0 Å². The molecule has 2 rings (SSSR count). The topological polar surface area (TPSA) is 75.7 Å². The fourth-order valence-electron chi connectivity index (χ4n) is 2.36. The zero-order chi connectivity index (χ0) is 16.3. The van der Waals surface area contributed by atoms with Crippen molar-refractivity contribution in [2.75, 3.05) is 26.2 Å². The summed E-state index contributed by atoms with van der Waals surface area (Å²) in [7, 11) is -3.86. The van der Waals surface area contributed by atoms with Crippen LogP contribution in [0.1, 0.15) is 24.2 Å². The first-order chi connectivity index (χ1) is 10.4. The van der Waals surface area contributed by atoms with E-state index >= 15 is 0 Å². The molecule has 1 heterocycles. The second kappa shape index (κ2) is 6.72. The molecule has 0 saturated carbocycles. The second-order valence-electron chi connectivity index (χ2n) is 5.06. The number of carbonyl (C=O) groups excluding carboxylic acids is 1. The Balaban J connectivity index is 2.40. The van der Waals surface area contributed by atoms with Crippen molar-refractivity contribution in [3.05, 3.63) is 29.6 Å². The molecular formula is C14H19FN2O4S. The number of rotatable bonds is 4. The second-order valence-corrected chi connectivity index (χ2v) is 6.96. The minimum Gasteiger partial charge on any atom is -0.462 e. The predicted octanol–water partition coefficient (Wildman–Crippen LogP) is 0.985. The van der Waals surface area contributed by atoms with Crippen LogP contribution in [-0.4, -0.2) is 51.0 Å². The van der Waals surface area contributed by atoms with Crippen LogP contribution in [0, 0.1) is 5.82 Å². The Morgan fingerprint density at radius 2 is 2.18 bits per heavy atom. The van der Waals surface area contributed by atoms with Crippen molar-refractivity contribution in [1.82, 2.24) is 9.62 Å². The summed E-state index contributed by atoms with van der Waals surface area (Å²) in [6.07, 6.45) is 0. The highest BCUT2D eigenvalue weighted by molar-refractivity contribution is 7.89. The van der Waals surface area contributed by atoms with Crippen LogP contribution in [0.15, 0.2) is 23.1 Å². The van der Waals surface area contributed by atoms with Crippen molar-refractivity contribution >= 4 is 16.0 Å². The van der Waals surface area contributed by atoms with E-state index in [1.165, 1.54) is 4.31 Å². The van der Waals surface area contributed by atoms with Gasteiger partial charge in [0.25, 0.3) is 0 Å². The van der Waals surface area contributed by atoms with Gasteiger partial charge in [0.15, 0.2) is 0 Å². The first-order valence-corrected chi connectivity index (χ1v) is 8.50. The van der Waals surface area contributed by atoms with Gasteiger partial charge in [-0.1, -0.05) is 0 Å². The number of benzene rings is 1. The average Bonchev–Trinajstić information content (AvgIpc) is 2.47. The van der Waals surface area contributed by atoms with Crippen molar-refractivity contribution in [2.45, 2.75) is 24.8 Å². The minimum absolute atomic E-state index is 0.108. The van der Waals surface area contributed by atoms with Crippen molar-refractivity contribution in [1.29, 1.82) is 0 Å². The molecule has 0 bridgehead atoms. The van der Waals surface area contributed by atoms with Gasteiger partial charge in [0.2, 0.25) is 10.0 Å². The summed E-state index contributed by atoms with van der Waals surface area (Å²) in [5, 5.41) is 3.09. The van der Waals surface area contributed by atoms with Crippen LogP contribution < -0.4 is 5.32 Å². The van der Waals surface area contributed by atoms with Gasteiger partial charge in [0.1, 0.15) is 5.82 Å². The Kier molecular flexibility index (Phi) is 5.15. The van der Waals surface area contributed by atoms with Crippen LogP contribution in [0.3, 0.4) is 0 Å². The number of nitrogens with one attached hydrogen (secondary N) is 1. The normalized spacial score (nSPS) is 19.9. The van der Waals surface area contributed by atoms with Gasteiger partial charge in [0.05, 0.1) is 17.1 Å². The smallest absolute Gasteiger partial charge is 0.338 e. The molecular weight excluding hydrogens is 311 g/mol. The Morgan fingerprint density at radius 1 is 1.45 bits per heavy atom. The number of sulfonamides is 1. The molecule has 1 N–H and O–H groups in total. The predicted molar refractivity (Wildman–Crippen MR) is 78.6 cm³/mol. The average molecular weight is 330 g/mol. The summed E-state index contributed by atoms with van der Waals surface area (Å²) in [5.41, 5.74) is -0.108. The van der Waals surface area contributed by atoms with Gasteiger partial charge in [-0.2, -0.15) is 4.31 Å². The lowest BCUT2D eigenvalue weighted by molar-refractivity contribution is 0.0525. The molecule has 1 atom stereocenters. The van der Waals surface area contributed by atoms with Crippen molar-refractivity contribution in [3.8, 4) is 0 Å². The summed E-state index contributed by atoms with van der Waals surface area (Å²) in [6, 6.07) is 2.81. The number of hydrogen-bond acceptors (Lipinski definition) is 5. The van der Waals surface area contributed by atoms with Crippen LogP contribution >= 0.6 is 0 Å². The van der Waals surface area contributed by atoms with Crippen LogP contribution in [0.4, 0.5) is 4.39 Å². The minimum atomic E-state index is -3.86. The molecule has 1 aliphatic rings. The molecule has 22 heavy (non-hydrogen) atoms. The van der Waals surface area contributed by atoms with Gasteiger partial charge in [-0.05, 0) is 32.0 Å². The van der Waals surface area contributed by atoms with Gasteiger partial charge in [-0.15, -0.1) is 0 Å². The largest absolute Gasteiger partial charge is 0.462 e. The number of piperazine rings is 1. The Morgan fingerprint density at radius 3 is 2.82 bits per heavy atom. The number of esters is 1. The number of halogens is 1. The van der Waals surface area contributed by atoms with Gasteiger partial charge < -0.3 is 10.1 Å². The van der Waals surface area contributed by atoms with E-state index in [9.17, 15) is 17.6 Å². The van der Waals surface area contributed by atoms with E-state index in [-0.39, 0.29) is 23.1 Å². The SMILES string of the molecule is CCOC(=O)c1cc(F)cc(S(=O)(=O)N2CCNCC2C)c1. The van der Waals surface area contributed by atoms with E-state index in [2.05, 4.69) is 5.32 Å². The van der Waals surface area contributed by atoms with Crippen molar-refractivity contribution < 1.29 is 22.3 Å². The molecule has 1 unspecified atom stereocenters. The lowest BCUT2D eigenvalue weighted by atomic mass is 10.2. The maximum Gasteiger partial charge on any atom is 0.338 e. The lowest BCUT2D eigenvalue weighted by Crippen LogP contribution is -2.52. The summed E-state index contributed by atoms with van der Waals surface area (Å²) in [5.74, 6) is -1.53. The number of ether oxygens (including phenoxy) is 1. The molecule has 0 spiro atoms. The van der Waals surface area contributed by atoms with Gasteiger partial charge >= 0.3 is 5.97 Å². The lowest BCUT2D eigenvalue weighted by Gasteiger charge is -2.32. The fourth-order valence-corrected chi connectivity index (χ4v) is 4.05. The molecule has 1 aromatic rings. The molecule has 0 aliphatic carbocycles. The maximum atomic E-state index is 13.7. The van der Waals surface area contributed by atoms with Crippen LogP contribution in [-0.2, 0) is 14.8 Å². The summed E-state index contributed by atoms with van der Waals surface area (Å²) < 4.78 is 45.1. The molecule has 8 heteroatoms. The number of hydrogen-bond donors (Lipinski definition) is 1. The third kappa shape index (κ3) is 3.45. The fraction of sp³-hybridized carbons (Fsp3) is 0.500. The van der Waals surface area contributed by atoms with Gasteiger partial charge in [0, 0.05) is 25.7 Å². The zero-order valence-electron chi connectivity index (χ0n) is 12.5. The molecule has 1 saturated heterocycles. The first-order valence-electron chi connectivity index (χ1n) is 7.06. The van der Waals surface area contributed by atoms with Crippen LogP contribution in [0.5, 0.6) is 0 Å².